The standard InChI is InChI=1S/C9H9Cl2N3OS/c10-6-3-1-2-5(8(6)11)4-7(15)14(13)9(12)16/h1-3H,4,13H2,(H2,12,16). The van der Waals surface area contributed by atoms with Gasteiger partial charge in [-0.3, -0.25) is 4.79 Å². The molecule has 0 spiro atoms. The summed E-state index contributed by atoms with van der Waals surface area (Å²) < 4.78 is 0. The Bertz CT molecular complexity index is 439. The highest BCUT2D eigenvalue weighted by atomic mass is 35.5. The molecule has 0 saturated heterocycles. The fourth-order valence-corrected chi connectivity index (χ4v) is 1.54. The van der Waals surface area contributed by atoms with Crippen molar-refractivity contribution in [2.45, 2.75) is 6.42 Å². The fraction of sp³-hybridized carbons (Fsp3) is 0.111. The van der Waals surface area contributed by atoms with E-state index < -0.39 is 5.91 Å². The molecule has 86 valence electrons. The summed E-state index contributed by atoms with van der Waals surface area (Å²) in [7, 11) is 0. The molecule has 0 saturated carbocycles. The van der Waals surface area contributed by atoms with Gasteiger partial charge in [0.25, 0.3) is 0 Å². The van der Waals surface area contributed by atoms with Crippen molar-refractivity contribution < 1.29 is 4.79 Å². The van der Waals surface area contributed by atoms with Gasteiger partial charge >= 0.3 is 0 Å². The number of hydrogen-bond donors (Lipinski definition) is 2. The Morgan fingerprint density at radius 1 is 1.44 bits per heavy atom. The summed E-state index contributed by atoms with van der Waals surface area (Å²) >= 11 is 16.3. The Morgan fingerprint density at radius 3 is 2.62 bits per heavy atom. The molecule has 0 heterocycles. The molecule has 7 heteroatoms. The van der Waals surface area contributed by atoms with Gasteiger partial charge in [-0.25, -0.2) is 10.9 Å². The van der Waals surface area contributed by atoms with Gasteiger partial charge in [-0.2, -0.15) is 0 Å². The van der Waals surface area contributed by atoms with Gasteiger partial charge in [-0.05, 0) is 23.8 Å². The van der Waals surface area contributed by atoms with Crippen LogP contribution in [0.2, 0.25) is 10.0 Å². The molecule has 0 unspecified atom stereocenters. The van der Waals surface area contributed by atoms with E-state index in [0.29, 0.717) is 20.6 Å². The number of thiocarbonyl (C=S) groups is 1. The van der Waals surface area contributed by atoms with Crippen LogP contribution >= 0.6 is 35.4 Å². The molecule has 4 nitrogen and oxygen atoms in total. The van der Waals surface area contributed by atoms with Crippen molar-refractivity contribution in [1.29, 1.82) is 0 Å². The lowest BCUT2D eigenvalue weighted by Gasteiger charge is -2.14. The van der Waals surface area contributed by atoms with E-state index in [0.717, 1.165) is 0 Å². The third kappa shape index (κ3) is 3.05. The third-order valence-corrected chi connectivity index (χ3v) is 2.93. The Hall–Kier alpha value is -0.880. The van der Waals surface area contributed by atoms with Gasteiger partial charge in [0.05, 0.1) is 16.5 Å². The second-order valence-electron chi connectivity index (χ2n) is 2.99. The van der Waals surface area contributed by atoms with E-state index in [1.165, 1.54) is 0 Å². The molecule has 0 radical (unpaired) electrons. The first-order valence-electron chi connectivity index (χ1n) is 4.23. The third-order valence-electron chi connectivity index (χ3n) is 1.88. The van der Waals surface area contributed by atoms with Gasteiger partial charge in [-0.1, -0.05) is 35.3 Å². The number of benzene rings is 1. The maximum absolute atomic E-state index is 11.5. The van der Waals surface area contributed by atoms with Crippen LogP contribution in [0.4, 0.5) is 0 Å². The van der Waals surface area contributed by atoms with Crippen LogP contribution in [0.25, 0.3) is 0 Å². The predicted molar refractivity (Wildman–Crippen MR) is 68.0 cm³/mol. The lowest BCUT2D eigenvalue weighted by atomic mass is 10.1. The molecular weight excluding hydrogens is 269 g/mol. The molecule has 4 N–H and O–H groups in total. The molecule has 1 amide bonds. The Balaban J connectivity index is 2.85. The van der Waals surface area contributed by atoms with Gasteiger partial charge in [0.15, 0.2) is 5.11 Å². The van der Waals surface area contributed by atoms with Crippen LogP contribution in [-0.4, -0.2) is 16.0 Å². The van der Waals surface area contributed by atoms with Crippen molar-refractivity contribution in [2.75, 3.05) is 0 Å². The number of hydrogen-bond acceptors (Lipinski definition) is 3. The number of halogens is 2. The lowest BCUT2D eigenvalue weighted by molar-refractivity contribution is -0.126. The van der Waals surface area contributed by atoms with Crippen LogP contribution in [0.1, 0.15) is 5.56 Å². The molecule has 0 bridgehead atoms. The Morgan fingerprint density at radius 2 is 2.06 bits per heavy atom. The SMILES string of the molecule is NC(=S)N(N)C(=O)Cc1cccc(Cl)c1Cl. The quantitative estimate of drug-likeness (QED) is 0.372. The Labute approximate surface area is 108 Å². The molecular formula is C9H9Cl2N3OS. The minimum absolute atomic E-state index is 0.00671. The highest BCUT2D eigenvalue weighted by Crippen LogP contribution is 2.25. The van der Waals surface area contributed by atoms with Crippen molar-refractivity contribution >= 4 is 46.4 Å². The molecule has 0 atom stereocenters. The molecule has 0 fully saturated rings. The van der Waals surface area contributed by atoms with Gasteiger partial charge in [0.1, 0.15) is 0 Å². The first-order valence-corrected chi connectivity index (χ1v) is 5.40. The zero-order chi connectivity index (χ0) is 12.3. The molecule has 1 rings (SSSR count). The summed E-state index contributed by atoms with van der Waals surface area (Å²) in [4.78, 5) is 11.5. The van der Waals surface area contributed by atoms with Crippen molar-refractivity contribution in [3.63, 3.8) is 0 Å². The second kappa shape index (κ2) is 5.45. The van der Waals surface area contributed by atoms with Crippen molar-refractivity contribution in [2.24, 2.45) is 11.6 Å². The van der Waals surface area contributed by atoms with Crippen LogP contribution in [0.5, 0.6) is 0 Å². The van der Waals surface area contributed by atoms with Crippen LogP contribution in [-0.2, 0) is 11.2 Å². The largest absolute Gasteiger partial charge is 0.375 e. The van der Waals surface area contributed by atoms with E-state index in [9.17, 15) is 4.79 Å². The first kappa shape index (κ1) is 13.2. The van der Waals surface area contributed by atoms with Gasteiger partial charge in [0, 0.05) is 0 Å². The van der Waals surface area contributed by atoms with Gasteiger partial charge in [-0.15, -0.1) is 0 Å². The summed E-state index contributed by atoms with van der Waals surface area (Å²) in [5.74, 6) is 4.89. The monoisotopic (exact) mass is 277 g/mol. The lowest BCUT2D eigenvalue weighted by Crippen LogP contribution is -2.46. The number of hydrazine groups is 1. The molecule has 0 aliphatic carbocycles. The average molecular weight is 278 g/mol. The fourth-order valence-electron chi connectivity index (χ4n) is 1.06. The highest BCUT2D eigenvalue weighted by Gasteiger charge is 2.15. The summed E-state index contributed by atoms with van der Waals surface area (Å²) in [6.07, 6.45) is -0.00671. The maximum atomic E-state index is 11.5. The van der Waals surface area contributed by atoms with Crippen LogP contribution < -0.4 is 11.6 Å². The normalized spacial score (nSPS) is 9.94. The number of carbonyl (C=O) groups excluding carboxylic acids is 1. The highest BCUT2D eigenvalue weighted by molar-refractivity contribution is 7.80. The summed E-state index contributed by atoms with van der Waals surface area (Å²) in [6.45, 7) is 0. The number of amides is 1. The maximum Gasteiger partial charge on any atom is 0.247 e. The Kier molecular flexibility index (Phi) is 4.49. The molecule has 0 aromatic heterocycles. The molecule has 1 aromatic carbocycles. The smallest absolute Gasteiger partial charge is 0.247 e. The molecule has 16 heavy (non-hydrogen) atoms. The number of nitrogens with zero attached hydrogens (tertiary/aromatic N) is 1. The van der Waals surface area contributed by atoms with E-state index in [-0.39, 0.29) is 11.5 Å². The molecule has 0 aliphatic heterocycles. The number of nitrogens with two attached hydrogens (primary N) is 2. The number of rotatable bonds is 2. The molecule has 0 aliphatic rings. The number of carbonyl (C=O) groups is 1. The van der Waals surface area contributed by atoms with Crippen LogP contribution in [0.15, 0.2) is 18.2 Å². The van der Waals surface area contributed by atoms with Crippen molar-refractivity contribution in [3.8, 4) is 0 Å². The topological polar surface area (TPSA) is 72.3 Å². The summed E-state index contributed by atoms with van der Waals surface area (Å²) in [5.41, 5.74) is 5.79. The summed E-state index contributed by atoms with van der Waals surface area (Å²) in [6, 6.07) is 5.00. The molecule has 1 aromatic rings. The van der Waals surface area contributed by atoms with E-state index in [1.807, 2.05) is 0 Å². The van der Waals surface area contributed by atoms with Crippen LogP contribution in [0, 0.1) is 0 Å². The minimum Gasteiger partial charge on any atom is -0.375 e. The zero-order valence-corrected chi connectivity index (χ0v) is 10.4. The average Bonchev–Trinajstić information content (AvgIpc) is 2.23. The summed E-state index contributed by atoms with van der Waals surface area (Å²) in [5, 5.41) is 1.22. The first-order chi connectivity index (χ1) is 7.43. The zero-order valence-electron chi connectivity index (χ0n) is 8.11. The van der Waals surface area contributed by atoms with Crippen LogP contribution in [0.3, 0.4) is 0 Å². The van der Waals surface area contributed by atoms with Crippen molar-refractivity contribution in [1.82, 2.24) is 5.01 Å². The predicted octanol–water partition coefficient (Wildman–Crippen LogP) is 1.48. The van der Waals surface area contributed by atoms with Crippen molar-refractivity contribution in [3.05, 3.63) is 33.8 Å². The minimum atomic E-state index is -0.448. The van der Waals surface area contributed by atoms with E-state index >= 15 is 0 Å². The van der Waals surface area contributed by atoms with E-state index in [4.69, 9.17) is 34.8 Å². The van der Waals surface area contributed by atoms with E-state index in [2.05, 4.69) is 12.2 Å². The van der Waals surface area contributed by atoms with Gasteiger partial charge in [0.2, 0.25) is 5.91 Å². The van der Waals surface area contributed by atoms with E-state index in [1.54, 1.807) is 18.2 Å². The second-order valence-corrected chi connectivity index (χ2v) is 4.20. The van der Waals surface area contributed by atoms with Gasteiger partial charge < -0.3 is 5.73 Å².